The standard InChI is InChI=1S/C21H34N2O.C9H8O2.2ClH/c1-17-14-21(24,18-10-6-4-7-11-18)20(2,16-23(17)3)15-19-12-8-5-9-13-22-19;10-9(11)7-6-8-4-2-1-3-5-8;;/h4,6-7,10-11,17,19,22,24H,5,8-9,12-16H2,1-3H3;1-7H,(H,10,11);2*1H/b;7-6+;;. The van der Waals surface area contributed by atoms with Gasteiger partial charge in [-0.2, -0.15) is 0 Å². The Labute approximate surface area is 235 Å². The summed E-state index contributed by atoms with van der Waals surface area (Å²) in [7, 11) is 2.20. The van der Waals surface area contributed by atoms with Crippen molar-refractivity contribution < 1.29 is 15.0 Å². The third kappa shape index (κ3) is 9.12. The Morgan fingerprint density at radius 2 is 1.68 bits per heavy atom. The van der Waals surface area contributed by atoms with E-state index >= 15 is 0 Å². The van der Waals surface area contributed by atoms with Crippen molar-refractivity contribution in [2.24, 2.45) is 5.41 Å². The van der Waals surface area contributed by atoms with Gasteiger partial charge in [-0.1, -0.05) is 80.4 Å². The molecule has 5 nitrogen and oxygen atoms in total. The molecule has 0 aliphatic carbocycles. The van der Waals surface area contributed by atoms with Crippen LogP contribution in [0.25, 0.3) is 6.08 Å². The van der Waals surface area contributed by atoms with Gasteiger partial charge in [-0.05, 0) is 63.4 Å². The number of likely N-dealkylation sites (tertiary alicyclic amines) is 1. The molecule has 0 bridgehead atoms. The molecule has 0 saturated carbocycles. The maximum Gasteiger partial charge on any atom is 0.328 e. The van der Waals surface area contributed by atoms with Gasteiger partial charge in [-0.15, -0.1) is 24.8 Å². The topological polar surface area (TPSA) is 72.8 Å². The maximum absolute atomic E-state index is 11.9. The van der Waals surface area contributed by atoms with Crippen LogP contribution in [0.4, 0.5) is 0 Å². The minimum absolute atomic E-state index is 0. The van der Waals surface area contributed by atoms with Crippen molar-refractivity contribution in [3.63, 3.8) is 0 Å². The Balaban J connectivity index is 0.000000448. The van der Waals surface area contributed by atoms with E-state index in [-0.39, 0.29) is 30.2 Å². The predicted octanol–water partition coefficient (Wildman–Crippen LogP) is 6.15. The second kappa shape index (κ2) is 15.5. The second-order valence-corrected chi connectivity index (χ2v) is 10.5. The van der Waals surface area contributed by atoms with Gasteiger partial charge in [-0.3, -0.25) is 0 Å². The molecule has 0 spiro atoms. The van der Waals surface area contributed by atoms with Gasteiger partial charge in [-0.25, -0.2) is 4.79 Å². The first-order valence-electron chi connectivity index (χ1n) is 12.9. The summed E-state index contributed by atoms with van der Waals surface area (Å²) in [5.41, 5.74) is 1.09. The van der Waals surface area contributed by atoms with Crippen LogP contribution in [0.3, 0.4) is 0 Å². The number of nitrogens with one attached hydrogen (secondary N) is 1. The Kier molecular flexibility index (Phi) is 13.9. The van der Waals surface area contributed by atoms with Gasteiger partial charge < -0.3 is 20.4 Å². The van der Waals surface area contributed by atoms with Gasteiger partial charge in [0.1, 0.15) is 0 Å². The lowest BCUT2D eigenvalue weighted by Crippen LogP contribution is -2.60. The minimum Gasteiger partial charge on any atom is -0.478 e. The summed E-state index contributed by atoms with van der Waals surface area (Å²) in [5, 5.41) is 23.9. The van der Waals surface area contributed by atoms with Gasteiger partial charge in [0.25, 0.3) is 0 Å². The third-order valence-corrected chi connectivity index (χ3v) is 7.77. The van der Waals surface area contributed by atoms with E-state index in [1.807, 2.05) is 36.4 Å². The van der Waals surface area contributed by atoms with Crippen LogP contribution in [0.15, 0.2) is 66.7 Å². The van der Waals surface area contributed by atoms with E-state index in [4.69, 9.17) is 5.11 Å². The number of aliphatic carboxylic acids is 1. The van der Waals surface area contributed by atoms with Crippen molar-refractivity contribution in [1.29, 1.82) is 0 Å². The number of piperidine rings is 1. The first-order valence-corrected chi connectivity index (χ1v) is 12.9. The van der Waals surface area contributed by atoms with Crippen LogP contribution in [0, 0.1) is 5.41 Å². The van der Waals surface area contributed by atoms with Crippen molar-refractivity contribution in [1.82, 2.24) is 10.2 Å². The van der Waals surface area contributed by atoms with E-state index in [9.17, 15) is 9.90 Å². The molecule has 0 radical (unpaired) electrons. The highest BCUT2D eigenvalue weighted by atomic mass is 35.5. The molecule has 4 atom stereocenters. The summed E-state index contributed by atoms with van der Waals surface area (Å²) in [6.07, 6.45) is 9.68. The number of carbonyl (C=O) groups is 1. The molecule has 4 rings (SSSR count). The summed E-state index contributed by atoms with van der Waals surface area (Å²) < 4.78 is 0. The minimum atomic E-state index is -0.922. The van der Waals surface area contributed by atoms with Gasteiger partial charge >= 0.3 is 5.97 Å². The highest BCUT2D eigenvalue weighted by molar-refractivity contribution is 5.86. The fourth-order valence-corrected chi connectivity index (χ4v) is 5.63. The van der Waals surface area contributed by atoms with Crippen LogP contribution in [0.2, 0.25) is 0 Å². The van der Waals surface area contributed by atoms with Crippen molar-refractivity contribution in [3.8, 4) is 0 Å². The predicted molar refractivity (Wildman–Crippen MR) is 158 cm³/mol. The van der Waals surface area contributed by atoms with E-state index in [2.05, 4.69) is 55.4 Å². The lowest BCUT2D eigenvalue weighted by Gasteiger charge is -2.55. The Bertz CT molecular complexity index is 952. The number of nitrogens with zero attached hydrogens (tertiary/aromatic N) is 1. The number of carboxylic acids is 1. The normalized spacial score (nSPS) is 28.1. The molecule has 2 heterocycles. The van der Waals surface area contributed by atoms with Crippen molar-refractivity contribution >= 4 is 36.9 Å². The monoisotopic (exact) mass is 550 g/mol. The van der Waals surface area contributed by atoms with Crippen LogP contribution >= 0.6 is 24.8 Å². The zero-order valence-electron chi connectivity index (χ0n) is 22.3. The van der Waals surface area contributed by atoms with Gasteiger partial charge in [0, 0.05) is 30.1 Å². The van der Waals surface area contributed by atoms with E-state index in [0.29, 0.717) is 12.1 Å². The van der Waals surface area contributed by atoms with Crippen molar-refractivity contribution in [2.75, 3.05) is 20.1 Å². The number of carboxylic acid groups (broad SMARTS) is 1. The van der Waals surface area contributed by atoms with Crippen molar-refractivity contribution in [2.45, 2.75) is 70.1 Å². The number of halogens is 2. The highest BCUT2D eigenvalue weighted by Gasteiger charge is 2.53. The molecular formula is C30H44Cl2N2O3. The van der Waals surface area contributed by atoms with Crippen LogP contribution in [-0.4, -0.2) is 53.3 Å². The molecule has 2 aliphatic rings. The summed E-state index contributed by atoms with van der Waals surface area (Å²) in [5.74, 6) is -0.922. The average molecular weight is 552 g/mol. The molecule has 2 aliphatic heterocycles. The molecule has 4 unspecified atom stereocenters. The van der Waals surface area contributed by atoms with Crippen LogP contribution < -0.4 is 5.32 Å². The van der Waals surface area contributed by atoms with E-state index in [0.717, 1.165) is 43.1 Å². The molecule has 2 aromatic carbocycles. The zero-order valence-corrected chi connectivity index (χ0v) is 23.9. The third-order valence-electron chi connectivity index (χ3n) is 7.77. The van der Waals surface area contributed by atoms with E-state index < -0.39 is 11.6 Å². The smallest absolute Gasteiger partial charge is 0.328 e. The number of rotatable bonds is 5. The largest absolute Gasteiger partial charge is 0.478 e. The summed E-state index contributed by atoms with van der Waals surface area (Å²) >= 11 is 0. The fourth-order valence-electron chi connectivity index (χ4n) is 5.63. The molecule has 37 heavy (non-hydrogen) atoms. The van der Waals surface area contributed by atoms with Gasteiger partial charge in [0.2, 0.25) is 0 Å². The Hall–Kier alpha value is -1.89. The molecule has 0 aromatic heterocycles. The molecule has 2 saturated heterocycles. The maximum atomic E-state index is 11.9. The van der Waals surface area contributed by atoms with Crippen molar-refractivity contribution in [3.05, 3.63) is 77.9 Å². The fraction of sp³-hybridized carbons (Fsp3) is 0.500. The number of hydrogen-bond acceptors (Lipinski definition) is 4. The molecule has 0 amide bonds. The van der Waals surface area contributed by atoms with Crippen LogP contribution in [0.5, 0.6) is 0 Å². The first-order chi connectivity index (χ1) is 16.7. The van der Waals surface area contributed by atoms with Gasteiger partial charge in [0.05, 0.1) is 5.60 Å². The van der Waals surface area contributed by atoms with Crippen LogP contribution in [-0.2, 0) is 10.4 Å². The number of benzene rings is 2. The zero-order chi connectivity index (χ0) is 25.3. The second-order valence-electron chi connectivity index (χ2n) is 10.5. The molecule has 2 aromatic rings. The summed E-state index contributed by atoms with van der Waals surface area (Å²) in [4.78, 5) is 12.5. The quantitative estimate of drug-likeness (QED) is 0.389. The lowest BCUT2D eigenvalue weighted by molar-refractivity contribution is -0.151. The van der Waals surface area contributed by atoms with E-state index in [1.165, 1.54) is 25.7 Å². The number of hydrogen-bond donors (Lipinski definition) is 3. The molecule has 3 N–H and O–H groups in total. The molecule has 206 valence electrons. The average Bonchev–Trinajstić information content (AvgIpc) is 3.12. The Morgan fingerprint density at radius 1 is 1.05 bits per heavy atom. The lowest BCUT2D eigenvalue weighted by atomic mass is 9.61. The van der Waals surface area contributed by atoms with E-state index in [1.54, 1.807) is 6.08 Å². The van der Waals surface area contributed by atoms with Crippen LogP contribution in [0.1, 0.15) is 63.5 Å². The molecular weight excluding hydrogens is 507 g/mol. The first kappa shape index (κ1) is 33.1. The SMILES string of the molecule is CC1CC(O)(c2ccccc2)C(C)(CC2CCCCCN2)CN1C.Cl.Cl.O=C(O)/C=C/c1ccccc1. The number of aliphatic hydroxyl groups is 1. The summed E-state index contributed by atoms with van der Waals surface area (Å²) in [6.45, 7) is 6.60. The molecule has 7 heteroatoms. The summed E-state index contributed by atoms with van der Waals surface area (Å²) in [6, 6.07) is 20.6. The highest BCUT2D eigenvalue weighted by Crippen LogP contribution is 2.50. The van der Waals surface area contributed by atoms with Gasteiger partial charge in [0.15, 0.2) is 0 Å². The molecule has 2 fully saturated rings. The Morgan fingerprint density at radius 3 is 2.30 bits per heavy atom.